The number of guanidine groups is 1. The second-order valence-electron chi connectivity index (χ2n) is 5.25. The Morgan fingerprint density at radius 2 is 2.06 bits per heavy atom. The number of nitrogens with zero attached hydrogens (tertiary/aromatic N) is 1. The van der Waals surface area contributed by atoms with Crippen LogP contribution in [0.25, 0.3) is 0 Å². The van der Waals surface area contributed by atoms with Crippen LogP contribution >= 0.6 is 0 Å². The fourth-order valence-corrected chi connectivity index (χ4v) is 1.96. The van der Waals surface area contributed by atoms with E-state index in [0.717, 1.165) is 37.6 Å². The molecule has 3 nitrogen and oxygen atoms in total. The molecule has 0 unspecified atom stereocenters. The molecule has 1 heterocycles. The van der Waals surface area contributed by atoms with E-state index < -0.39 is 0 Å². The lowest BCUT2D eigenvalue weighted by Crippen LogP contribution is -2.45. The minimum absolute atomic E-state index is 0.0602. The number of rotatable bonds is 3. The first-order chi connectivity index (χ1) is 8.58. The van der Waals surface area contributed by atoms with Crippen LogP contribution in [0.1, 0.15) is 25.8 Å². The smallest absolute Gasteiger partial charge is 0.191 e. The highest BCUT2D eigenvalue weighted by Gasteiger charge is 2.21. The lowest BCUT2D eigenvalue weighted by molar-refractivity contribution is 0.504. The summed E-state index contributed by atoms with van der Waals surface area (Å²) in [6.45, 7) is 6.90. The highest BCUT2D eigenvalue weighted by Crippen LogP contribution is 2.22. The Hall–Kier alpha value is -1.58. The quantitative estimate of drug-likeness (QED) is 0.860. The predicted molar refractivity (Wildman–Crippen MR) is 72.4 cm³/mol. The summed E-state index contributed by atoms with van der Waals surface area (Å²) in [5.74, 6) is 0.678. The first-order valence-corrected chi connectivity index (χ1v) is 6.36. The molecule has 0 radical (unpaired) electrons. The van der Waals surface area contributed by atoms with Crippen molar-refractivity contribution in [1.29, 1.82) is 0 Å². The molecule has 2 N–H and O–H groups in total. The second kappa shape index (κ2) is 5.38. The van der Waals surface area contributed by atoms with Crippen molar-refractivity contribution in [3.05, 3.63) is 35.6 Å². The van der Waals surface area contributed by atoms with Crippen LogP contribution in [0.2, 0.25) is 0 Å². The molecule has 98 valence electrons. The Morgan fingerprint density at radius 3 is 2.67 bits per heavy atom. The molecule has 0 spiro atoms. The molecule has 0 bridgehead atoms. The average molecular weight is 249 g/mol. The highest BCUT2D eigenvalue weighted by molar-refractivity contribution is 5.80. The number of halogens is 1. The van der Waals surface area contributed by atoms with Crippen LogP contribution in [0.3, 0.4) is 0 Å². The molecular formula is C14H20FN3. The van der Waals surface area contributed by atoms with Crippen molar-refractivity contribution < 1.29 is 4.39 Å². The van der Waals surface area contributed by atoms with E-state index in [1.165, 1.54) is 12.1 Å². The lowest BCUT2D eigenvalue weighted by Gasteiger charge is -2.27. The summed E-state index contributed by atoms with van der Waals surface area (Å²) in [6.07, 6.45) is 1.09. The lowest BCUT2D eigenvalue weighted by atomic mass is 9.84. The minimum atomic E-state index is -0.194. The van der Waals surface area contributed by atoms with E-state index in [2.05, 4.69) is 29.5 Å². The SMILES string of the molecule is CC(C)(CNC1=NCCCN1)c1ccc(F)cc1. The van der Waals surface area contributed by atoms with E-state index >= 15 is 0 Å². The maximum atomic E-state index is 12.9. The van der Waals surface area contributed by atoms with Gasteiger partial charge in [0, 0.05) is 25.0 Å². The van der Waals surface area contributed by atoms with E-state index in [1.807, 2.05) is 12.1 Å². The first kappa shape index (κ1) is 12.9. The average Bonchev–Trinajstić information content (AvgIpc) is 2.38. The van der Waals surface area contributed by atoms with Crippen molar-refractivity contribution in [2.75, 3.05) is 19.6 Å². The third-order valence-electron chi connectivity index (χ3n) is 3.22. The molecule has 0 saturated heterocycles. The summed E-state index contributed by atoms with van der Waals surface area (Å²) in [6, 6.07) is 6.70. The zero-order chi connectivity index (χ0) is 13.0. The molecule has 0 amide bonds. The number of nitrogens with one attached hydrogen (secondary N) is 2. The van der Waals surface area contributed by atoms with Crippen molar-refractivity contribution in [1.82, 2.24) is 10.6 Å². The molecular weight excluding hydrogens is 229 g/mol. The Balaban J connectivity index is 1.98. The Labute approximate surface area is 108 Å². The highest BCUT2D eigenvalue weighted by atomic mass is 19.1. The van der Waals surface area contributed by atoms with Crippen molar-refractivity contribution >= 4 is 5.96 Å². The molecule has 1 aromatic carbocycles. The minimum Gasteiger partial charge on any atom is -0.356 e. The van der Waals surface area contributed by atoms with Crippen LogP contribution < -0.4 is 10.6 Å². The van der Waals surface area contributed by atoms with Gasteiger partial charge in [-0.15, -0.1) is 0 Å². The summed E-state index contributed by atoms with van der Waals surface area (Å²) in [5, 5.41) is 6.55. The van der Waals surface area contributed by atoms with Gasteiger partial charge in [0.2, 0.25) is 0 Å². The molecule has 1 aromatic rings. The zero-order valence-corrected chi connectivity index (χ0v) is 11.0. The van der Waals surface area contributed by atoms with Gasteiger partial charge in [-0.05, 0) is 24.1 Å². The molecule has 1 aliphatic rings. The van der Waals surface area contributed by atoms with Gasteiger partial charge in [-0.2, -0.15) is 0 Å². The van der Waals surface area contributed by atoms with Crippen LogP contribution in [-0.4, -0.2) is 25.6 Å². The molecule has 0 aromatic heterocycles. The predicted octanol–water partition coefficient (Wildman–Crippen LogP) is 2.04. The third-order valence-corrected chi connectivity index (χ3v) is 3.22. The van der Waals surface area contributed by atoms with Crippen molar-refractivity contribution in [3.63, 3.8) is 0 Å². The standard InChI is InChI=1S/C14H20FN3/c1-14(2,11-4-6-12(15)7-5-11)10-18-13-16-8-3-9-17-13/h4-7H,3,8-10H2,1-2H3,(H2,16,17,18). The molecule has 4 heteroatoms. The number of aliphatic imine (C=N–C) groups is 1. The van der Waals surface area contributed by atoms with Crippen LogP contribution in [0.4, 0.5) is 4.39 Å². The van der Waals surface area contributed by atoms with E-state index in [1.54, 1.807) is 0 Å². The van der Waals surface area contributed by atoms with Gasteiger partial charge in [0.25, 0.3) is 0 Å². The number of hydrogen-bond donors (Lipinski definition) is 2. The van der Waals surface area contributed by atoms with Crippen LogP contribution in [0, 0.1) is 5.82 Å². The number of benzene rings is 1. The van der Waals surface area contributed by atoms with Gasteiger partial charge >= 0.3 is 0 Å². The fourth-order valence-electron chi connectivity index (χ4n) is 1.96. The second-order valence-corrected chi connectivity index (χ2v) is 5.25. The maximum absolute atomic E-state index is 12.9. The molecule has 0 aliphatic carbocycles. The summed E-state index contributed by atoms with van der Waals surface area (Å²) < 4.78 is 12.9. The molecule has 0 fully saturated rings. The van der Waals surface area contributed by atoms with Crippen molar-refractivity contribution in [3.8, 4) is 0 Å². The molecule has 1 aliphatic heterocycles. The van der Waals surface area contributed by atoms with Gasteiger partial charge in [0.05, 0.1) is 0 Å². The van der Waals surface area contributed by atoms with Gasteiger partial charge in [0.1, 0.15) is 5.82 Å². The largest absolute Gasteiger partial charge is 0.356 e. The first-order valence-electron chi connectivity index (χ1n) is 6.36. The van der Waals surface area contributed by atoms with E-state index in [9.17, 15) is 4.39 Å². The molecule has 0 atom stereocenters. The number of hydrogen-bond acceptors (Lipinski definition) is 3. The van der Waals surface area contributed by atoms with Crippen LogP contribution in [0.15, 0.2) is 29.3 Å². The van der Waals surface area contributed by atoms with Gasteiger partial charge in [0.15, 0.2) is 5.96 Å². The van der Waals surface area contributed by atoms with Crippen molar-refractivity contribution in [2.45, 2.75) is 25.7 Å². The fraction of sp³-hybridized carbons (Fsp3) is 0.500. The van der Waals surface area contributed by atoms with Crippen LogP contribution in [0.5, 0.6) is 0 Å². The molecule has 2 rings (SSSR count). The summed E-state index contributed by atoms with van der Waals surface area (Å²) in [5.41, 5.74) is 1.06. The maximum Gasteiger partial charge on any atom is 0.191 e. The zero-order valence-electron chi connectivity index (χ0n) is 11.0. The van der Waals surface area contributed by atoms with Crippen LogP contribution in [-0.2, 0) is 5.41 Å². The summed E-state index contributed by atoms with van der Waals surface area (Å²) in [4.78, 5) is 4.37. The normalized spacial score (nSPS) is 15.8. The Bertz CT molecular complexity index is 423. The topological polar surface area (TPSA) is 36.4 Å². The van der Waals surface area contributed by atoms with Gasteiger partial charge < -0.3 is 10.6 Å². The third kappa shape index (κ3) is 3.22. The van der Waals surface area contributed by atoms with Crippen molar-refractivity contribution in [2.24, 2.45) is 4.99 Å². The van der Waals surface area contributed by atoms with Gasteiger partial charge in [-0.1, -0.05) is 26.0 Å². The molecule has 0 saturated carbocycles. The van der Waals surface area contributed by atoms with Gasteiger partial charge in [-0.25, -0.2) is 4.39 Å². The van der Waals surface area contributed by atoms with E-state index in [0.29, 0.717) is 0 Å². The Morgan fingerprint density at radius 1 is 1.33 bits per heavy atom. The molecule has 18 heavy (non-hydrogen) atoms. The Kier molecular flexibility index (Phi) is 3.84. The summed E-state index contributed by atoms with van der Waals surface area (Å²) >= 11 is 0. The summed E-state index contributed by atoms with van der Waals surface area (Å²) in [7, 11) is 0. The monoisotopic (exact) mass is 249 g/mol. The van der Waals surface area contributed by atoms with E-state index in [-0.39, 0.29) is 11.2 Å². The van der Waals surface area contributed by atoms with Gasteiger partial charge in [-0.3, -0.25) is 4.99 Å². The van der Waals surface area contributed by atoms with E-state index in [4.69, 9.17) is 0 Å².